The van der Waals surface area contributed by atoms with Crippen molar-refractivity contribution in [3.8, 4) is 78.6 Å². The molecule has 0 aliphatic heterocycles. The van der Waals surface area contributed by atoms with Gasteiger partial charge in [0.15, 0.2) is 0 Å². The molecule has 2 aromatic heterocycles. The Morgan fingerprint density at radius 2 is 1.24 bits per heavy atom. The van der Waals surface area contributed by atoms with Crippen LogP contribution in [0.4, 0.5) is 0 Å². The standard InChI is InChI=1S/C58H52N3O.Pt/c1-36(2)40-23-25-42(26-24-40)43-29-30-59-52(35-43)47-33-45(41-15-9-8-10-16-41)32-46(34-47)50-20-14-21-54-57(50)60-58(51-17-11-12-22-55(51)62)61(54)53-28-27-44(31-39(53)7)56-48(37(3)4)18-13-19-49(56)38(5)6;/h8-33,35-38,62H,1-7H3;/q-1;/i7D3,36D,37D,38D;. The SMILES string of the molecule is [2H]C([2H])([2H])c1cc(-c2c(C([2H])(C)C)cccc2C([2H])(C)C)ccc1-n1c(-c2ccccc2O)nc2c(-c3[c-]c(-c4cc(-c5ccc(C([2H])(C)C)cc5)ccn4)cc(-c4ccccc4)c3)cccc21.[Pt]. The van der Waals surface area contributed by atoms with E-state index in [4.69, 9.17) is 18.2 Å². The maximum atomic E-state index is 11.4. The summed E-state index contributed by atoms with van der Waals surface area (Å²) in [4.78, 5) is 10.1. The van der Waals surface area contributed by atoms with E-state index in [1.54, 1.807) is 64.2 Å². The third-order valence-electron chi connectivity index (χ3n) is 11.6. The number of imidazole rings is 1. The van der Waals surface area contributed by atoms with Crippen molar-refractivity contribution >= 4 is 11.0 Å². The molecular weight excluding hydrogens is 950 g/mol. The summed E-state index contributed by atoms with van der Waals surface area (Å²) in [5.41, 5.74) is 12.4. The van der Waals surface area contributed by atoms with Crippen LogP contribution in [0.2, 0.25) is 0 Å². The fraction of sp³-hybridized carbons (Fsp3) is 0.172. The van der Waals surface area contributed by atoms with Crippen LogP contribution in [-0.4, -0.2) is 19.6 Å². The molecule has 0 amide bonds. The number of rotatable bonds is 10. The van der Waals surface area contributed by atoms with Gasteiger partial charge in [-0.2, -0.15) is 0 Å². The number of aromatic nitrogens is 3. The van der Waals surface area contributed by atoms with Gasteiger partial charge >= 0.3 is 0 Å². The van der Waals surface area contributed by atoms with Crippen molar-refractivity contribution in [2.75, 3.05) is 0 Å². The van der Waals surface area contributed by atoms with Crippen molar-refractivity contribution in [1.29, 1.82) is 0 Å². The van der Waals surface area contributed by atoms with Crippen LogP contribution in [-0.2, 0) is 21.1 Å². The van der Waals surface area contributed by atoms with Crippen molar-refractivity contribution < 1.29 is 34.4 Å². The first kappa shape index (κ1) is 36.2. The number of aryl methyl sites for hydroxylation is 1. The Kier molecular flexibility index (Phi) is 10.4. The van der Waals surface area contributed by atoms with Crippen LogP contribution in [0.1, 0.15) is 89.7 Å². The van der Waals surface area contributed by atoms with E-state index in [-0.39, 0.29) is 32.4 Å². The van der Waals surface area contributed by atoms with E-state index < -0.39 is 24.5 Å². The average Bonchev–Trinajstić information content (AvgIpc) is 3.70. The number of hydrogen-bond donors (Lipinski definition) is 1. The van der Waals surface area contributed by atoms with Gasteiger partial charge in [0.1, 0.15) is 11.6 Å². The number of fused-ring (bicyclic) bond motifs is 1. The van der Waals surface area contributed by atoms with Crippen molar-refractivity contribution in [3.63, 3.8) is 0 Å². The van der Waals surface area contributed by atoms with Crippen molar-refractivity contribution in [1.82, 2.24) is 14.5 Å². The molecule has 0 bridgehead atoms. The molecule has 0 radical (unpaired) electrons. The maximum absolute atomic E-state index is 11.4. The smallest absolute Gasteiger partial charge is 0.148 e. The summed E-state index contributed by atoms with van der Waals surface area (Å²) >= 11 is 0. The predicted molar refractivity (Wildman–Crippen MR) is 259 cm³/mol. The van der Waals surface area contributed by atoms with E-state index in [9.17, 15) is 5.11 Å². The van der Waals surface area contributed by atoms with Crippen LogP contribution < -0.4 is 0 Å². The second kappa shape index (κ2) is 18.2. The molecule has 9 rings (SSSR count). The molecule has 0 spiro atoms. The number of aromatic hydroxyl groups is 1. The summed E-state index contributed by atoms with van der Waals surface area (Å²) in [5, 5.41) is 11.4. The second-order valence-electron chi connectivity index (χ2n) is 16.5. The molecule has 9 aromatic rings. The summed E-state index contributed by atoms with van der Waals surface area (Å²) in [7, 11) is 0. The maximum Gasteiger partial charge on any atom is 0.148 e. The van der Waals surface area contributed by atoms with E-state index in [0.29, 0.717) is 56.1 Å². The molecule has 5 heteroatoms. The van der Waals surface area contributed by atoms with Gasteiger partial charge in [-0.1, -0.05) is 167 Å². The van der Waals surface area contributed by atoms with Crippen LogP contribution in [0, 0.1) is 12.9 Å². The molecule has 4 nitrogen and oxygen atoms in total. The fourth-order valence-electron chi connectivity index (χ4n) is 8.39. The number of hydrogen-bond acceptors (Lipinski definition) is 3. The Morgan fingerprint density at radius 3 is 1.94 bits per heavy atom. The zero-order chi connectivity index (χ0) is 48.3. The molecule has 7 aromatic carbocycles. The minimum atomic E-state index is -2.62. The molecule has 0 atom stereocenters. The normalized spacial score (nSPS) is 13.6. The van der Waals surface area contributed by atoms with Crippen molar-refractivity contribution in [2.45, 2.75) is 66.1 Å². The number of pyridine rings is 1. The van der Waals surface area contributed by atoms with E-state index in [1.807, 2.05) is 122 Å². The van der Waals surface area contributed by atoms with E-state index in [1.165, 1.54) is 0 Å². The largest absolute Gasteiger partial charge is 0.507 e. The number of para-hydroxylation sites is 2. The molecular formula is C58H52N3OPt-. The topological polar surface area (TPSA) is 50.9 Å². The molecule has 63 heavy (non-hydrogen) atoms. The zero-order valence-electron chi connectivity index (χ0n) is 42.2. The Morgan fingerprint density at radius 1 is 0.587 bits per heavy atom. The molecule has 0 aliphatic rings. The molecule has 0 aliphatic carbocycles. The van der Waals surface area contributed by atoms with Gasteiger partial charge in [-0.05, 0) is 111 Å². The number of nitrogens with zero attached hydrogens (tertiary/aromatic N) is 3. The average molecular weight is 1010 g/mol. The zero-order valence-corrected chi connectivity index (χ0v) is 38.5. The van der Waals surface area contributed by atoms with E-state index >= 15 is 0 Å². The minimum absolute atomic E-state index is 0. The third kappa shape index (κ3) is 8.45. The number of phenols is 1. The van der Waals surface area contributed by atoms with Crippen LogP contribution in [0.5, 0.6) is 5.75 Å². The first-order valence-corrected chi connectivity index (χ1v) is 21.0. The second-order valence-corrected chi connectivity index (χ2v) is 16.5. The van der Waals surface area contributed by atoms with Crippen molar-refractivity contribution in [3.05, 3.63) is 192 Å². The fourth-order valence-corrected chi connectivity index (χ4v) is 8.39. The van der Waals surface area contributed by atoms with Crippen LogP contribution in [0.3, 0.4) is 0 Å². The quantitative estimate of drug-likeness (QED) is 0.139. The minimum Gasteiger partial charge on any atom is -0.507 e. The van der Waals surface area contributed by atoms with Gasteiger partial charge in [-0.15, -0.1) is 23.8 Å². The molecule has 0 saturated heterocycles. The summed E-state index contributed by atoms with van der Waals surface area (Å²) < 4.78 is 55.5. The van der Waals surface area contributed by atoms with Crippen LogP contribution in [0.25, 0.3) is 83.9 Å². The van der Waals surface area contributed by atoms with Gasteiger partial charge in [0.25, 0.3) is 0 Å². The van der Waals surface area contributed by atoms with Gasteiger partial charge < -0.3 is 5.11 Å². The number of benzene rings is 7. The van der Waals surface area contributed by atoms with Crippen LogP contribution >= 0.6 is 0 Å². The Bertz CT molecular complexity index is 3310. The predicted octanol–water partition coefficient (Wildman–Crippen LogP) is 15.6. The summed E-state index contributed by atoms with van der Waals surface area (Å²) in [6, 6.07) is 53.7. The molecule has 2 heterocycles. The van der Waals surface area contributed by atoms with Gasteiger partial charge in [0.05, 0.1) is 22.3 Å². The molecule has 316 valence electrons. The van der Waals surface area contributed by atoms with E-state index in [0.717, 1.165) is 44.5 Å². The van der Waals surface area contributed by atoms with Gasteiger partial charge in [0.2, 0.25) is 0 Å². The third-order valence-corrected chi connectivity index (χ3v) is 11.6. The molecule has 0 saturated carbocycles. The Hall–Kier alpha value is -6.35. The Labute approximate surface area is 395 Å². The van der Waals surface area contributed by atoms with Crippen molar-refractivity contribution in [2.24, 2.45) is 0 Å². The molecule has 0 unspecified atom stereocenters. The summed E-state index contributed by atoms with van der Waals surface area (Å²) in [6.45, 7) is 8.32. The monoisotopic (exact) mass is 1010 g/mol. The summed E-state index contributed by atoms with van der Waals surface area (Å²) in [6.07, 6.45) is 1.80. The molecule has 1 N–H and O–H groups in total. The van der Waals surface area contributed by atoms with Gasteiger partial charge in [-0.25, -0.2) is 4.98 Å². The Balaban J connectivity index is 0.00000642. The molecule has 0 fully saturated rings. The number of phenolic OH excluding ortho intramolecular Hbond substituents is 1. The first-order valence-electron chi connectivity index (χ1n) is 24.0. The van der Waals surface area contributed by atoms with Gasteiger partial charge in [0, 0.05) is 41.2 Å². The van der Waals surface area contributed by atoms with Gasteiger partial charge in [-0.3, -0.25) is 9.55 Å². The van der Waals surface area contributed by atoms with E-state index in [2.05, 4.69) is 30.3 Å². The first-order chi connectivity index (χ1) is 32.2. The van der Waals surface area contributed by atoms with Crippen LogP contribution in [0.15, 0.2) is 164 Å². The summed E-state index contributed by atoms with van der Waals surface area (Å²) in [5.74, 6) is -2.49.